The first-order valence-corrected chi connectivity index (χ1v) is 8.02. The van der Waals surface area contributed by atoms with Gasteiger partial charge in [-0.1, -0.05) is 31.9 Å². The van der Waals surface area contributed by atoms with Gasteiger partial charge in [0, 0.05) is 31.6 Å². The zero-order chi connectivity index (χ0) is 19.8. The number of allylic oxidation sites excluding steroid dienone is 1. The Morgan fingerprint density at radius 1 is 1.23 bits per heavy atom. The smallest absolute Gasteiger partial charge is 0.126 e. The van der Waals surface area contributed by atoms with Gasteiger partial charge in [0.05, 0.1) is 11.6 Å². The van der Waals surface area contributed by atoms with Crippen molar-refractivity contribution in [3.63, 3.8) is 0 Å². The molecule has 0 N–H and O–H groups in total. The number of terminal acetylenes is 1. The highest BCUT2D eigenvalue weighted by atomic mass is 19.1. The normalized spacial score (nSPS) is 8.65. The van der Waals surface area contributed by atoms with Crippen LogP contribution in [0.4, 0.5) is 10.1 Å². The molecule has 26 heavy (non-hydrogen) atoms. The number of pyridine rings is 1. The van der Waals surface area contributed by atoms with Crippen LogP contribution in [0.2, 0.25) is 0 Å². The van der Waals surface area contributed by atoms with E-state index in [0.29, 0.717) is 17.7 Å². The molecular weight excluding hydrogens is 325 g/mol. The second-order valence-electron chi connectivity index (χ2n) is 4.53. The van der Waals surface area contributed by atoms with E-state index in [1.165, 1.54) is 12.1 Å². The third kappa shape index (κ3) is 8.34. The van der Waals surface area contributed by atoms with Crippen LogP contribution in [0, 0.1) is 41.8 Å². The monoisotopic (exact) mass is 347 g/mol. The van der Waals surface area contributed by atoms with Crippen LogP contribution in [0.3, 0.4) is 0 Å². The van der Waals surface area contributed by atoms with Crippen molar-refractivity contribution in [2.75, 3.05) is 11.9 Å². The Morgan fingerprint density at radius 2 is 1.96 bits per heavy atom. The standard InChI is InChI=1S/C18H14FN3.C2H6.C2H2/c1-22(18-12-15(14-20)11-16(19)13-18)10-6-2-3-7-17-8-4-5-9-21-17;2*1-2/h4-6,8-13H,2H2,1H3;1-2H3;1-2H/b10-6-;;. The van der Waals surface area contributed by atoms with E-state index in [2.05, 4.69) is 29.7 Å². The molecule has 0 aliphatic heterocycles. The van der Waals surface area contributed by atoms with Gasteiger partial charge in [-0.15, -0.1) is 12.8 Å². The second kappa shape index (κ2) is 13.8. The number of rotatable bonds is 3. The molecule has 4 heteroatoms. The van der Waals surface area contributed by atoms with Gasteiger partial charge in [0.15, 0.2) is 0 Å². The molecule has 2 rings (SSSR count). The molecule has 0 radical (unpaired) electrons. The Hall–Kier alpha value is -3.55. The first kappa shape index (κ1) is 22.4. The van der Waals surface area contributed by atoms with Crippen LogP contribution < -0.4 is 4.90 Å². The summed E-state index contributed by atoms with van der Waals surface area (Å²) in [6.07, 6.45) is 13.9. The predicted molar refractivity (Wildman–Crippen MR) is 106 cm³/mol. The van der Waals surface area contributed by atoms with E-state index < -0.39 is 5.82 Å². The lowest BCUT2D eigenvalue weighted by atomic mass is 10.2. The van der Waals surface area contributed by atoms with Gasteiger partial charge >= 0.3 is 0 Å². The van der Waals surface area contributed by atoms with Crippen molar-refractivity contribution < 1.29 is 4.39 Å². The summed E-state index contributed by atoms with van der Waals surface area (Å²) >= 11 is 0. The second-order valence-corrected chi connectivity index (χ2v) is 4.53. The number of halogens is 1. The van der Waals surface area contributed by atoms with E-state index in [1.807, 2.05) is 44.2 Å². The van der Waals surface area contributed by atoms with Crippen LogP contribution in [-0.4, -0.2) is 12.0 Å². The minimum Gasteiger partial charge on any atom is -0.351 e. The molecule has 0 bridgehead atoms. The molecule has 0 saturated carbocycles. The highest BCUT2D eigenvalue weighted by Gasteiger charge is 2.02. The molecule has 1 aromatic heterocycles. The fraction of sp³-hybridized carbons (Fsp3) is 0.182. The van der Waals surface area contributed by atoms with Crippen LogP contribution in [0.15, 0.2) is 54.9 Å². The number of benzene rings is 1. The quantitative estimate of drug-likeness (QED) is 0.752. The summed E-state index contributed by atoms with van der Waals surface area (Å²) in [6.45, 7) is 4.00. The van der Waals surface area contributed by atoms with Crippen LogP contribution in [0.25, 0.3) is 0 Å². The van der Waals surface area contributed by atoms with E-state index >= 15 is 0 Å². The minimum absolute atomic E-state index is 0.296. The highest BCUT2D eigenvalue weighted by Crippen LogP contribution is 2.17. The summed E-state index contributed by atoms with van der Waals surface area (Å²) in [5.41, 5.74) is 1.64. The molecule has 0 fully saturated rings. The molecule has 1 aromatic carbocycles. The van der Waals surface area contributed by atoms with Crippen molar-refractivity contribution in [2.24, 2.45) is 0 Å². The summed E-state index contributed by atoms with van der Waals surface area (Å²) in [7, 11) is 1.79. The Kier molecular flexibility index (Phi) is 12.0. The van der Waals surface area contributed by atoms with Crippen LogP contribution in [0.1, 0.15) is 31.5 Å². The average molecular weight is 347 g/mol. The SMILES string of the molecule is C#C.CC.CN(/C=C\CC#Cc1ccccn1)c1cc(F)cc(C#N)c1. The zero-order valence-corrected chi connectivity index (χ0v) is 15.3. The molecule has 132 valence electrons. The molecule has 1 heterocycles. The van der Waals surface area contributed by atoms with Gasteiger partial charge in [0.25, 0.3) is 0 Å². The van der Waals surface area contributed by atoms with Crippen molar-refractivity contribution >= 4 is 5.69 Å². The van der Waals surface area contributed by atoms with Crippen LogP contribution in [0.5, 0.6) is 0 Å². The van der Waals surface area contributed by atoms with Gasteiger partial charge < -0.3 is 4.90 Å². The maximum atomic E-state index is 13.4. The minimum atomic E-state index is -0.427. The summed E-state index contributed by atoms with van der Waals surface area (Å²) in [6, 6.07) is 11.7. The van der Waals surface area contributed by atoms with Crippen molar-refractivity contribution in [3.05, 3.63) is 71.9 Å². The third-order valence-electron chi connectivity index (χ3n) is 2.85. The molecule has 0 aliphatic carbocycles. The molecule has 0 saturated heterocycles. The average Bonchev–Trinajstić information content (AvgIpc) is 2.71. The van der Waals surface area contributed by atoms with Crippen molar-refractivity contribution in [3.8, 4) is 30.8 Å². The molecule has 2 aromatic rings. The van der Waals surface area contributed by atoms with Gasteiger partial charge in [-0.05, 0) is 36.3 Å². The predicted octanol–water partition coefficient (Wildman–Crippen LogP) is 4.76. The van der Waals surface area contributed by atoms with Crippen LogP contribution in [-0.2, 0) is 0 Å². The van der Waals surface area contributed by atoms with E-state index in [-0.39, 0.29) is 0 Å². The first-order chi connectivity index (χ1) is 12.7. The fourth-order valence-corrected chi connectivity index (χ4v) is 1.78. The van der Waals surface area contributed by atoms with Gasteiger partial charge in [-0.3, -0.25) is 0 Å². The number of aromatic nitrogens is 1. The third-order valence-corrected chi connectivity index (χ3v) is 2.85. The lowest BCUT2D eigenvalue weighted by Gasteiger charge is -2.14. The van der Waals surface area contributed by atoms with E-state index in [1.54, 1.807) is 30.4 Å². The summed E-state index contributed by atoms with van der Waals surface area (Å²) < 4.78 is 13.4. The van der Waals surface area contributed by atoms with Crippen LogP contribution >= 0.6 is 0 Å². The van der Waals surface area contributed by atoms with Gasteiger partial charge in [-0.2, -0.15) is 5.26 Å². The van der Waals surface area contributed by atoms with E-state index in [9.17, 15) is 4.39 Å². The summed E-state index contributed by atoms with van der Waals surface area (Å²) in [5, 5.41) is 8.85. The number of hydrogen-bond donors (Lipinski definition) is 0. The summed E-state index contributed by atoms with van der Waals surface area (Å²) in [4.78, 5) is 5.85. The Morgan fingerprint density at radius 3 is 2.58 bits per heavy atom. The highest BCUT2D eigenvalue weighted by molar-refractivity contribution is 5.53. The molecule has 0 atom stereocenters. The molecule has 0 unspecified atom stereocenters. The zero-order valence-electron chi connectivity index (χ0n) is 15.3. The Bertz CT molecular complexity index is 806. The number of anilines is 1. The maximum Gasteiger partial charge on any atom is 0.126 e. The molecule has 0 spiro atoms. The van der Waals surface area contributed by atoms with E-state index in [0.717, 1.165) is 5.69 Å². The van der Waals surface area contributed by atoms with Gasteiger partial charge in [-0.25, -0.2) is 9.37 Å². The van der Waals surface area contributed by atoms with Crippen molar-refractivity contribution in [2.45, 2.75) is 20.3 Å². The molecular formula is C22H22FN3. The van der Waals surface area contributed by atoms with E-state index in [4.69, 9.17) is 5.26 Å². The molecule has 3 nitrogen and oxygen atoms in total. The lowest BCUT2D eigenvalue weighted by Crippen LogP contribution is -2.08. The molecule has 0 aliphatic rings. The lowest BCUT2D eigenvalue weighted by molar-refractivity contribution is 0.627. The maximum absolute atomic E-state index is 13.4. The topological polar surface area (TPSA) is 39.9 Å². The fourth-order valence-electron chi connectivity index (χ4n) is 1.78. The number of nitriles is 1. The summed E-state index contributed by atoms with van der Waals surface area (Å²) in [5.74, 6) is 5.51. The largest absolute Gasteiger partial charge is 0.351 e. The Labute approximate surface area is 155 Å². The number of hydrogen-bond acceptors (Lipinski definition) is 3. The van der Waals surface area contributed by atoms with Gasteiger partial charge in [0.1, 0.15) is 11.5 Å². The van der Waals surface area contributed by atoms with Crippen molar-refractivity contribution in [1.29, 1.82) is 5.26 Å². The molecule has 0 amide bonds. The van der Waals surface area contributed by atoms with Gasteiger partial charge in [0.2, 0.25) is 0 Å². The number of nitrogens with zero attached hydrogens (tertiary/aromatic N) is 3. The Balaban J connectivity index is 0.00000146. The first-order valence-electron chi connectivity index (χ1n) is 8.02. The van der Waals surface area contributed by atoms with Crippen molar-refractivity contribution in [1.82, 2.24) is 4.98 Å².